The van der Waals surface area contributed by atoms with Gasteiger partial charge in [-0.25, -0.2) is 0 Å². The molecule has 1 heterocycles. The van der Waals surface area contributed by atoms with Gasteiger partial charge in [-0.2, -0.15) is 0 Å². The maximum absolute atomic E-state index is 5.77. The van der Waals surface area contributed by atoms with E-state index in [1.54, 1.807) is 10.4 Å². The van der Waals surface area contributed by atoms with Gasteiger partial charge in [0, 0.05) is 16.4 Å². The molecule has 0 saturated carbocycles. The molecule has 2 nitrogen and oxygen atoms in total. The highest BCUT2D eigenvalue weighted by Gasteiger charge is 2.18. The van der Waals surface area contributed by atoms with E-state index in [-0.39, 0.29) is 0 Å². The maximum Gasteiger partial charge on any atom is 0.0669 e. The van der Waals surface area contributed by atoms with E-state index in [0.29, 0.717) is 6.04 Å². The van der Waals surface area contributed by atoms with E-state index in [4.69, 9.17) is 4.74 Å². The molecule has 1 aromatic heterocycles. The van der Waals surface area contributed by atoms with Crippen LogP contribution >= 0.6 is 11.3 Å². The van der Waals surface area contributed by atoms with Crippen molar-refractivity contribution in [1.82, 2.24) is 5.32 Å². The van der Waals surface area contributed by atoms with Gasteiger partial charge >= 0.3 is 0 Å². The van der Waals surface area contributed by atoms with E-state index in [1.165, 1.54) is 37.0 Å². The fourth-order valence-electron chi connectivity index (χ4n) is 2.59. The number of ether oxygens (including phenoxy) is 1. The van der Waals surface area contributed by atoms with Crippen molar-refractivity contribution in [3.8, 4) is 0 Å². The molecule has 0 aromatic carbocycles. The minimum Gasteiger partial charge on any atom is -0.379 e. The number of nitrogens with one attached hydrogen (secondary N) is 1. The minimum absolute atomic E-state index is 0.391. The molecule has 0 spiro atoms. The van der Waals surface area contributed by atoms with Crippen LogP contribution in [0.3, 0.4) is 0 Å². The zero-order valence-corrected chi connectivity index (χ0v) is 13.2. The highest BCUT2D eigenvalue weighted by atomic mass is 32.1. The molecule has 19 heavy (non-hydrogen) atoms. The molecule has 0 aliphatic heterocycles. The quantitative estimate of drug-likeness (QED) is 0.725. The van der Waals surface area contributed by atoms with Crippen molar-refractivity contribution in [1.29, 1.82) is 0 Å². The first kappa shape index (κ1) is 15.0. The standard InChI is InChI=1S/C16H27NOS/c1-3-9-17-14(12-18-10-4-2)16-11-13-7-5-6-8-15(13)19-16/h11,14,17H,3-10,12H2,1-2H3. The highest BCUT2D eigenvalue weighted by molar-refractivity contribution is 7.12. The Balaban J connectivity index is 2.01. The van der Waals surface area contributed by atoms with Crippen LogP contribution in [-0.2, 0) is 17.6 Å². The van der Waals surface area contributed by atoms with E-state index in [1.807, 2.05) is 11.3 Å². The summed E-state index contributed by atoms with van der Waals surface area (Å²) >= 11 is 2.01. The molecule has 2 rings (SSSR count). The van der Waals surface area contributed by atoms with Crippen molar-refractivity contribution < 1.29 is 4.74 Å². The molecule has 0 radical (unpaired) electrons. The molecule has 3 heteroatoms. The number of thiophene rings is 1. The Labute approximate surface area is 121 Å². The third kappa shape index (κ3) is 4.30. The Morgan fingerprint density at radius 2 is 2.11 bits per heavy atom. The summed E-state index contributed by atoms with van der Waals surface area (Å²) in [4.78, 5) is 3.11. The van der Waals surface area contributed by atoms with E-state index in [0.717, 1.165) is 26.2 Å². The minimum atomic E-state index is 0.391. The van der Waals surface area contributed by atoms with Crippen molar-refractivity contribution >= 4 is 11.3 Å². The summed E-state index contributed by atoms with van der Waals surface area (Å²) < 4.78 is 5.77. The first-order chi connectivity index (χ1) is 9.35. The topological polar surface area (TPSA) is 21.3 Å². The van der Waals surface area contributed by atoms with Crippen LogP contribution in [0.5, 0.6) is 0 Å². The van der Waals surface area contributed by atoms with Crippen LogP contribution in [-0.4, -0.2) is 19.8 Å². The molecule has 1 aliphatic carbocycles. The molecule has 1 unspecified atom stereocenters. The van der Waals surface area contributed by atoms with Crippen molar-refractivity contribution in [2.45, 2.75) is 58.4 Å². The predicted octanol–water partition coefficient (Wildman–Crippen LogP) is 4.09. The monoisotopic (exact) mass is 281 g/mol. The fraction of sp³-hybridized carbons (Fsp3) is 0.750. The van der Waals surface area contributed by atoms with Crippen LogP contribution in [0.1, 0.15) is 60.9 Å². The van der Waals surface area contributed by atoms with Gasteiger partial charge in [0.1, 0.15) is 0 Å². The summed E-state index contributed by atoms with van der Waals surface area (Å²) in [5.74, 6) is 0. The van der Waals surface area contributed by atoms with Gasteiger partial charge in [0.2, 0.25) is 0 Å². The molecular formula is C16H27NOS. The molecule has 1 N–H and O–H groups in total. The Kier molecular flexibility index (Phi) is 6.35. The van der Waals surface area contributed by atoms with Crippen molar-refractivity contribution in [3.63, 3.8) is 0 Å². The number of hydrogen-bond donors (Lipinski definition) is 1. The summed E-state index contributed by atoms with van der Waals surface area (Å²) in [7, 11) is 0. The lowest BCUT2D eigenvalue weighted by atomic mass is 9.99. The van der Waals surface area contributed by atoms with Crippen LogP contribution in [0.25, 0.3) is 0 Å². The van der Waals surface area contributed by atoms with Crippen molar-refractivity contribution in [3.05, 3.63) is 21.4 Å². The van der Waals surface area contributed by atoms with Crippen molar-refractivity contribution in [2.75, 3.05) is 19.8 Å². The third-order valence-electron chi connectivity index (χ3n) is 3.63. The first-order valence-corrected chi connectivity index (χ1v) is 8.59. The van der Waals surface area contributed by atoms with Crippen molar-refractivity contribution in [2.24, 2.45) is 0 Å². The van der Waals surface area contributed by atoms with Gasteiger partial charge in [-0.3, -0.25) is 0 Å². The zero-order valence-electron chi connectivity index (χ0n) is 12.3. The molecule has 108 valence electrons. The SMILES string of the molecule is CCCNC(COCCC)c1cc2c(s1)CCCC2. The predicted molar refractivity (Wildman–Crippen MR) is 83.1 cm³/mol. The third-order valence-corrected chi connectivity index (χ3v) is 4.98. The van der Waals surface area contributed by atoms with Crippen LogP contribution in [0.15, 0.2) is 6.07 Å². The van der Waals surface area contributed by atoms with Gasteiger partial charge in [0.15, 0.2) is 0 Å². The van der Waals surface area contributed by atoms with Gasteiger partial charge in [-0.05, 0) is 56.7 Å². The number of rotatable bonds is 8. The largest absolute Gasteiger partial charge is 0.379 e. The lowest BCUT2D eigenvalue weighted by Gasteiger charge is -2.17. The molecule has 0 amide bonds. The molecule has 0 bridgehead atoms. The average molecular weight is 281 g/mol. The number of fused-ring (bicyclic) bond motifs is 1. The van der Waals surface area contributed by atoms with E-state index >= 15 is 0 Å². The van der Waals surface area contributed by atoms with Crippen LogP contribution in [0.4, 0.5) is 0 Å². The number of aryl methyl sites for hydroxylation is 2. The normalized spacial score (nSPS) is 16.3. The van der Waals surface area contributed by atoms with Crippen LogP contribution in [0, 0.1) is 0 Å². The molecule has 0 saturated heterocycles. The zero-order chi connectivity index (χ0) is 13.5. The second-order valence-electron chi connectivity index (χ2n) is 5.39. The molecular weight excluding hydrogens is 254 g/mol. The second-order valence-corrected chi connectivity index (χ2v) is 6.55. The Morgan fingerprint density at radius 3 is 2.84 bits per heavy atom. The van der Waals surface area contributed by atoms with Crippen LogP contribution < -0.4 is 5.32 Å². The van der Waals surface area contributed by atoms with E-state index in [9.17, 15) is 0 Å². The Morgan fingerprint density at radius 1 is 1.26 bits per heavy atom. The highest BCUT2D eigenvalue weighted by Crippen LogP contribution is 2.33. The smallest absolute Gasteiger partial charge is 0.0669 e. The summed E-state index contributed by atoms with van der Waals surface area (Å²) in [6.07, 6.45) is 7.57. The lowest BCUT2D eigenvalue weighted by molar-refractivity contribution is 0.113. The van der Waals surface area contributed by atoms with Gasteiger partial charge in [0.25, 0.3) is 0 Å². The Hall–Kier alpha value is -0.380. The summed E-state index contributed by atoms with van der Waals surface area (Å²) in [5, 5.41) is 3.64. The summed E-state index contributed by atoms with van der Waals surface area (Å²) in [5.41, 5.74) is 1.60. The lowest BCUT2D eigenvalue weighted by Crippen LogP contribution is -2.25. The molecule has 1 aromatic rings. The molecule has 1 atom stereocenters. The Bertz CT molecular complexity index is 351. The second kappa shape index (κ2) is 8.03. The molecule has 0 fully saturated rings. The van der Waals surface area contributed by atoms with Gasteiger partial charge < -0.3 is 10.1 Å². The maximum atomic E-state index is 5.77. The molecule has 1 aliphatic rings. The first-order valence-electron chi connectivity index (χ1n) is 7.77. The van der Waals surface area contributed by atoms with E-state index < -0.39 is 0 Å². The van der Waals surface area contributed by atoms with Gasteiger partial charge in [0.05, 0.1) is 12.6 Å². The van der Waals surface area contributed by atoms with Crippen LogP contribution in [0.2, 0.25) is 0 Å². The summed E-state index contributed by atoms with van der Waals surface area (Å²) in [6.45, 7) is 7.14. The van der Waals surface area contributed by atoms with Gasteiger partial charge in [-0.15, -0.1) is 11.3 Å². The average Bonchev–Trinajstić information content (AvgIpc) is 2.86. The van der Waals surface area contributed by atoms with Gasteiger partial charge in [-0.1, -0.05) is 13.8 Å². The summed E-state index contributed by atoms with van der Waals surface area (Å²) in [6, 6.07) is 2.82. The fourth-order valence-corrected chi connectivity index (χ4v) is 3.91. The van der Waals surface area contributed by atoms with E-state index in [2.05, 4.69) is 25.2 Å². The number of hydrogen-bond acceptors (Lipinski definition) is 3.